The highest BCUT2D eigenvalue weighted by Crippen LogP contribution is 2.23. The van der Waals surface area contributed by atoms with Crippen molar-refractivity contribution < 1.29 is 4.79 Å². The summed E-state index contributed by atoms with van der Waals surface area (Å²) >= 11 is 0. The van der Waals surface area contributed by atoms with Crippen molar-refractivity contribution in [1.29, 1.82) is 0 Å². The Hall–Kier alpha value is -4.19. The second-order valence-corrected chi connectivity index (χ2v) is 7.95. The minimum atomic E-state index is -0.159. The molecule has 1 amide bonds. The van der Waals surface area contributed by atoms with E-state index in [0.717, 1.165) is 28.2 Å². The zero-order chi connectivity index (χ0) is 23.0. The molecular weight excluding hydrogens is 410 g/mol. The molecule has 0 fully saturated rings. The third-order valence-electron chi connectivity index (χ3n) is 5.17. The third-order valence-corrected chi connectivity index (χ3v) is 5.17. The summed E-state index contributed by atoms with van der Waals surface area (Å²) in [6.07, 6.45) is 7.11. The van der Waals surface area contributed by atoms with Crippen molar-refractivity contribution in [2.45, 2.75) is 13.1 Å². The average Bonchev–Trinajstić information content (AvgIpc) is 3.25. The van der Waals surface area contributed by atoms with Gasteiger partial charge in [-0.1, -0.05) is 60.7 Å². The van der Waals surface area contributed by atoms with Gasteiger partial charge >= 0.3 is 0 Å². The number of pyridine rings is 1. The van der Waals surface area contributed by atoms with Crippen LogP contribution in [-0.2, 0) is 17.9 Å². The fraction of sp³-hybridized carbons (Fsp3) is 0.148. The summed E-state index contributed by atoms with van der Waals surface area (Å²) in [6.45, 7) is 1.10. The molecule has 6 nitrogen and oxygen atoms in total. The van der Waals surface area contributed by atoms with Gasteiger partial charge in [-0.05, 0) is 29.3 Å². The zero-order valence-corrected chi connectivity index (χ0v) is 18.8. The highest BCUT2D eigenvalue weighted by Gasteiger charge is 2.10. The topological polar surface area (TPSA) is 63.1 Å². The first-order valence-electron chi connectivity index (χ1n) is 10.8. The summed E-state index contributed by atoms with van der Waals surface area (Å²) in [4.78, 5) is 18.7. The molecule has 0 radical (unpaired) electrons. The fourth-order valence-electron chi connectivity index (χ4n) is 3.46. The maximum Gasteiger partial charge on any atom is 0.244 e. The van der Waals surface area contributed by atoms with Gasteiger partial charge in [0.1, 0.15) is 5.82 Å². The molecule has 2 heterocycles. The Balaban J connectivity index is 1.49. The van der Waals surface area contributed by atoms with Crippen LogP contribution in [0.3, 0.4) is 0 Å². The zero-order valence-electron chi connectivity index (χ0n) is 18.8. The van der Waals surface area contributed by atoms with Crippen molar-refractivity contribution in [1.82, 2.24) is 20.1 Å². The lowest BCUT2D eigenvalue weighted by atomic mass is 10.1. The summed E-state index contributed by atoms with van der Waals surface area (Å²) in [5.74, 6) is 0.698. The standard InChI is InChI=1S/C27H27N5O/c1-31(2)25-17-22(15-16-28-25)18-29-26(33)14-13-24-20-32(19-21-9-5-3-6-10-21)30-27(24)23-11-7-4-8-12-23/h3-17,20H,18-19H2,1-2H3,(H,29,33)/b14-13+. The molecule has 0 aliphatic heterocycles. The molecule has 4 rings (SSSR count). The molecule has 0 saturated heterocycles. The highest BCUT2D eigenvalue weighted by molar-refractivity contribution is 5.92. The third kappa shape index (κ3) is 5.95. The molecule has 0 unspecified atom stereocenters. The molecule has 0 atom stereocenters. The Bertz CT molecular complexity index is 1230. The van der Waals surface area contributed by atoms with E-state index in [1.165, 1.54) is 5.56 Å². The van der Waals surface area contributed by atoms with Crippen LogP contribution in [0.15, 0.2) is 91.3 Å². The van der Waals surface area contributed by atoms with Crippen LogP contribution in [0.1, 0.15) is 16.7 Å². The molecule has 6 heteroatoms. The van der Waals surface area contributed by atoms with E-state index < -0.39 is 0 Å². The lowest BCUT2D eigenvalue weighted by Gasteiger charge is -2.12. The Morgan fingerprint density at radius 2 is 1.73 bits per heavy atom. The fourth-order valence-corrected chi connectivity index (χ4v) is 3.46. The van der Waals surface area contributed by atoms with Crippen LogP contribution in [0.2, 0.25) is 0 Å². The van der Waals surface area contributed by atoms with Gasteiger partial charge < -0.3 is 10.2 Å². The smallest absolute Gasteiger partial charge is 0.244 e. The van der Waals surface area contributed by atoms with Crippen molar-refractivity contribution >= 4 is 17.8 Å². The van der Waals surface area contributed by atoms with Gasteiger partial charge in [-0.25, -0.2) is 4.98 Å². The molecule has 1 N–H and O–H groups in total. The Labute approximate surface area is 194 Å². The van der Waals surface area contributed by atoms with Crippen LogP contribution in [0.5, 0.6) is 0 Å². The van der Waals surface area contributed by atoms with Crippen molar-refractivity contribution in [2.24, 2.45) is 0 Å². The summed E-state index contributed by atoms with van der Waals surface area (Å²) < 4.78 is 1.91. The monoisotopic (exact) mass is 437 g/mol. The molecule has 4 aromatic rings. The van der Waals surface area contributed by atoms with E-state index in [9.17, 15) is 4.79 Å². The number of amides is 1. The number of rotatable bonds is 8. The molecule has 2 aromatic carbocycles. The predicted octanol–water partition coefficient (Wildman–Crippen LogP) is 4.39. The molecule has 0 spiro atoms. The first-order valence-corrected chi connectivity index (χ1v) is 10.8. The number of aromatic nitrogens is 3. The number of nitrogens with zero attached hydrogens (tertiary/aromatic N) is 4. The van der Waals surface area contributed by atoms with Gasteiger partial charge in [-0.15, -0.1) is 0 Å². The number of nitrogens with one attached hydrogen (secondary N) is 1. The molecule has 0 saturated carbocycles. The largest absolute Gasteiger partial charge is 0.363 e. The number of anilines is 1. The van der Waals surface area contributed by atoms with Crippen LogP contribution < -0.4 is 10.2 Å². The summed E-state index contributed by atoms with van der Waals surface area (Å²) in [5, 5.41) is 7.74. The normalized spacial score (nSPS) is 11.0. The predicted molar refractivity (Wildman–Crippen MR) is 133 cm³/mol. The SMILES string of the molecule is CN(C)c1cc(CNC(=O)/C=C/c2cn(Cc3ccccc3)nc2-c2ccccc2)ccn1. The van der Waals surface area contributed by atoms with Crippen molar-refractivity contribution in [3.05, 3.63) is 108 Å². The van der Waals surface area contributed by atoms with Gasteiger partial charge in [0.05, 0.1) is 12.2 Å². The lowest BCUT2D eigenvalue weighted by Crippen LogP contribution is -2.20. The highest BCUT2D eigenvalue weighted by atomic mass is 16.1. The van der Waals surface area contributed by atoms with Crippen LogP contribution >= 0.6 is 0 Å². The van der Waals surface area contributed by atoms with Crippen molar-refractivity contribution in [2.75, 3.05) is 19.0 Å². The van der Waals surface area contributed by atoms with E-state index in [1.807, 2.05) is 96.6 Å². The molecule has 0 bridgehead atoms. The van der Waals surface area contributed by atoms with Gasteiger partial charge in [0.2, 0.25) is 5.91 Å². The van der Waals surface area contributed by atoms with Gasteiger partial charge in [-0.3, -0.25) is 9.48 Å². The second-order valence-electron chi connectivity index (χ2n) is 7.95. The van der Waals surface area contributed by atoms with E-state index in [4.69, 9.17) is 5.10 Å². The van der Waals surface area contributed by atoms with E-state index in [-0.39, 0.29) is 5.91 Å². The van der Waals surface area contributed by atoms with Gasteiger partial charge in [0.15, 0.2) is 0 Å². The van der Waals surface area contributed by atoms with E-state index in [1.54, 1.807) is 12.3 Å². The van der Waals surface area contributed by atoms with Crippen LogP contribution in [0.4, 0.5) is 5.82 Å². The summed E-state index contributed by atoms with van der Waals surface area (Å²) in [5.41, 5.74) is 4.92. The number of hydrogen-bond donors (Lipinski definition) is 1. The number of benzene rings is 2. The van der Waals surface area contributed by atoms with Crippen molar-refractivity contribution in [3.8, 4) is 11.3 Å². The maximum atomic E-state index is 12.5. The lowest BCUT2D eigenvalue weighted by molar-refractivity contribution is -0.116. The molecule has 33 heavy (non-hydrogen) atoms. The molecule has 166 valence electrons. The molecule has 2 aromatic heterocycles. The van der Waals surface area contributed by atoms with Crippen LogP contribution in [0, 0.1) is 0 Å². The summed E-state index contributed by atoms with van der Waals surface area (Å²) in [7, 11) is 3.88. The van der Waals surface area contributed by atoms with E-state index >= 15 is 0 Å². The Morgan fingerprint density at radius 1 is 1.00 bits per heavy atom. The first-order chi connectivity index (χ1) is 16.1. The maximum absolute atomic E-state index is 12.5. The number of carbonyl (C=O) groups excluding carboxylic acids is 1. The molecular formula is C27H27N5O. The quantitative estimate of drug-likeness (QED) is 0.415. The summed E-state index contributed by atoms with van der Waals surface area (Å²) in [6, 6.07) is 24.1. The minimum absolute atomic E-state index is 0.159. The van der Waals surface area contributed by atoms with Gasteiger partial charge in [0.25, 0.3) is 0 Å². The van der Waals surface area contributed by atoms with Crippen molar-refractivity contribution in [3.63, 3.8) is 0 Å². The van der Waals surface area contributed by atoms with E-state index in [0.29, 0.717) is 13.1 Å². The number of hydrogen-bond acceptors (Lipinski definition) is 4. The second kappa shape index (κ2) is 10.4. The van der Waals surface area contributed by atoms with Gasteiger partial charge in [-0.2, -0.15) is 5.10 Å². The molecule has 0 aliphatic rings. The minimum Gasteiger partial charge on any atom is -0.363 e. The number of carbonyl (C=O) groups is 1. The Morgan fingerprint density at radius 3 is 2.45 bits per heavy atom. The Kier molecular flexibility index (Phi) is 6.95. The van der Waals surface area contributed by atoms with Gasteiger partial charge in [0, 0.05) is 50.2 Å². The van der Waals surface area contributed by atoms with Crippen LogP contribution in [0.25, 0.3) is 17.3 Å². The van der Waals surface area contributed by atoms with E-state index in [2.05, 4.69) is 22.4 Å². The first kappa shape index (κ1) is 22.0. The molecule has 0 aliphatic carbocycles. The average molecular weight is 438 g/mol. The van der Waals surface area contributed by atoms with Crippen LogP contribution in [-0.4, -0.2) is 34.8 Å².